The Morgan fingerprint density at radius 1 is 1.24 bits per heavy atom. The van der Waals surface area contributed by atoms with Gasteiger partial charge in [-0.15, -0.1) is 0 Å². The van der Waals surface area contributed by atoms with Crippen molar-refractivity contribution in [1.29, 1.82) is 0 Å². The molecule has 3 heterocycles. The molecule has 0 unspecified atom stereocenters. The predicted molar refractivity (Wildman–Crippen MR) is 104 cm³/mol. The Kier molecular flexibility index (Phi) is 7.06. The van der Waals surface area contributed by atoms with Crippen LogP contribution in [0.3, 0.4) is 0 Å². The molecule has 1 fully saturated rings. The number of hydrogen-bond acceptors (Lipinski definition) is 6. The van der Waals surface area contributed by atoms with Crippen LogP contribution in [0.2, 0.25) is 0 Å². The number of likely N-dealkylation sites (tertiary alicyclic amines) is 1. The number of aliphatic imine (C=N–C) groups is 1. The van der Waals surface area contributed by atoms with Crippen molar-refractivity contribution in [3.8, 4) is 0 Å². The molecule has 2 aliphatic rings. The minimum Gasteiger partial charge on any atom is -0.369 e. The van der Waals surface area contributed by atoms with Gasteiger partial charge in [0.05, 0.1) is 5.69 Å². The number of ketones is 1. The second-order valence-electron chi connectivity index (χ2n) is 6.48. The number of allylic oxidation sites excluding steroid dienone is 1. The van der Waals surface area contributed by atoms with Gasteiger partial charge < -0.3 is 5.32 Å². The van der Waals surface area contributed by atoms with Crippen LogP contribution in [0.4, 0.5) is 0 Å². The van der Waals surface area contributed by atoms with E-state index in [0.717, 1.165) is 30.3 Å². The molecule has 0 atom stereocenters. The quantitative estimate of drug-likeness (QED) is 0.724. The van der Waals surface area contributed by atoms with E-state index in [1.807, 2.05) is 18.0 Å². The van der Waals surface area contributed by atoms with Crippen LogP contribution in [0.5, 0.6) is 0 Å². The summed E-state index contributed by atoms with van der Waals surface area (Å²) in [6.45, 7) is 4.29. The SMILES string of the molecule is O=C1C=C(NCCSCc2cc(CN3CCCCC3)ccn2)N=CC1. The Bertz CT molecular complexity index is 638. The van der Waals surface area contributed by atoms with Gasteiger partial charge in [0.25, 0.3) is 0 Å². The lowest BCUT2D eigenvalue weighted by Crippen LogP contribution is -2.29. The van der Waals surface area contributed by atoms with E-state index >= 15 is 0 Å². The molecule has 0 spiro atoms. The van der Waals surface area contributed by atoms with Crippen molar-refractivity contribution in [2.45, 2.75) is 38.0 Å². The summed E-state index contributed by atoms with van der Waals surface area (Å²) >= 11 is 1.85. The predicted octanol–water partition coefficient (Wildman–Crippen LogP) is 2.78. The van der Waals surface area contributed by atoms with Gasteiger partial charge in [0.2, 0.25) is 0 Å². The highest BCUT2D eigenvalue weighted by Gasteiger charge is 2.10. The summed E-state index contributed by atoms with van der Waals surface area (Å²) in [5, 5.41) is 3.20. The molecule has 0 aromatic carbocycles. The van der Waals surface area contributed by atoms with E-state index < -0.39 is 0 Å². The molecule has 0 bridgehead atoms. The third-order valence-electron chi connectivity index (χ3n) is 4.36. The summed E-state index contributed by atoms with van der Waals surface area (Å²) in [6.07, 6.45) is 9.62. The van der Waals surface area contributed by atoms with Gasteiger partial charge in [-0.25, -0.2) is 4.99 Å². The monoisotopic (exact) mass is 358 g/mol. The number of pyridine rings is 1. The summed E-state index contributed by atoms with van der Waals surface area (Å²) in [6, 6.07) is 4.37. The number of nitrogens with one attached hydrogen (secondary N) is 1. The van der Waals surface area contributed by atoms with E-state index in [-0.39, 0.29) is 5.78 Å². The molecule has 3 rings (SSSR count). The molecule has 134 valence electrons. The first kappa shape index (κ1) is 18.1. The van der Waals surface area contributed by atoms with Gasteiger partial charge in [-0.2, -0.15) is 11.8 Å². The van der Waals surface area contributed by atoms with Gasteiger partial charge in [0.1, 0.15) is 5.82 Å². The minimum atomic E-state index is 0.111. The van der Waals surface area contributed by atoms with Crippen LogP contribution in [0.25, 0.3) is 0 Å². The molecule has 1 aromatic heterocycles. The highest BCUT2D eigenvalue weighted by Crippen LogP contribution is 2.15. The van der Waals surface area contributed by atoms with Crippen molar-refractivity contribution in [1.82, 2.24) is 15.2 Å². The zero-order chi connectivity index (χ0) is 17.3. The van der Waals surface area contributed by atoms with Crippen LogP contribution in [-0.2, 0) is 17.1 Å². The van der Waals surface area contributed by atoms with Gasteiger partial charge >= 0.3 is 0 Å². The largest absolute Gasteiger partial charge is 0.369 e. The minimum absolute atomic E-state index is 0.111. The van der Waals surface area contributed by atoms with E-state index in [1.165, 1.54) is 37.9 Å². The maximum Gasteiger partial charge on any atom is 0.164 e. The number of rotatable bonds is 8. The van der Waals surface area contributed by atoms with E-state index in [0.29, 0.717) is 12.2 Å². The first-order valence-corrected chi connectivity index (χ1v) is 10.2. The summed E-state index contributed by atoms with van der Waals surface area (Å²) in [5.74, 6) is 2.66. The molecule has 0 amide bonds. The zero-order valence-electron chi connectivity index (χ0n) is 14.6. The van der Waals surface area contributed by atoms with E-state index in [4.69, 9.17) is 0 Å². The lowest BCUT2D eigenvalue weighted by molar-refractivity contribution is -0.113. The van der Waals surface area contributed by atoms with Crippen molar-refractivity contribution in [3.05, 3.63) is 41.5 Å². The van der Waals surface area contributed by atoms with E-state index in [1.54, 1.807) is 12.3 Å². The molecular weight excluding hydrogens is 332 g/mol. The summed E-state index contributed by atoms with van der Waals surface area (Å²) in [7, 11) is 0. The number of piperidine rings is 1. The Hall–Kier alpha value is -1.66. The van der Waals surface area contributed by atoms with E-state index in [2.05, 4.69) is 32.3 Å². The van der Waals surface area contributed by atoms with Crippen molar-refractivity contribution < 1.29 is 4.79 Å². The van der Waals surface area contributed by atoms with Crippen LogP contribution < -0.4 is 5.32 Å². The second-order valence-corrected chi connectivity index (χ2v) is 7.59. The van der Waals surface area contributed by atoms with Crippen LogP contribution >= 0.6 is 11.8 Å². The van der Waals surface area contributed by atoms with Gasteiger partial charge in [-0.05, 0) is 43.6 Å². The number of aromatic nitrogens is 1. The molecule has 5 nitrogen and oxygen atoms in total. The summed E-state index contributed by atoms with van der Waals surface area (Å²) < 4.78 is 0. The van der Waals surface area contributed by atoms with Crippen molar-refractivity contribution >= 4 is 23.8 Å². The van der Waals surface area contributed by atoms with Crippen molar-refractivity contribution in [3.63, 3.8) is 0 Å². The highest BCUT2D eigenvalue weighted by atomic mass is 32.2. The van der Waals surface area contributed by atoms with Crippen LogP contribution in [0.15, 0.2) is 35.2 Å². The molecule has 2 aliphatic heterocycles. The fraction of sp³-hybridized carbons (Fsp3) is 0.526. The highest BCUT2D eigenvalue weighted by molar-refractivity contribution is 7.98. The standard InChI is InChI=1S/C19H26N4OS/c24-18-5-7-21-19(13-18)22-8-11-25-15-17-12-16(4-6-20-17)14-23-9-2-1-3-10-23/h4,6-7,12-13,22H,1-3,5,8-11,14-15H2. The fourth-order valence-corrected chi connectivity index (χ4v) is 3.85. The average Bonchev–Trinajstić information content (AvgIpc) is 2.63. The lowest BCUT2D eigenvalue weighted by Gasteiger charge is -2.26. The Balaban J connectivity index is 1.37. The van der Waals surface area contributed by atoms with Crippen LogP contribution in [-0.4, -0.2) is 47.3 Å². The number of hydrogen-bond donors (Lipinski definition) is 1. The van der Waals surface area contributed by atoms with Gasteiger partial charge in [0, 0.05) is 49.5 Å². The molecule has 0 saturated carbocycles. The Labute approximate surface area is 154 Å². The molecule has 0 aliphatic carbocycles. The Morgan fingerprint density at radius 2 is 2.12 bits per heavy atom. The fourth-order valence-electron chi connectivity index (χ4n) is 3.09. The van der Waals surface area contributed by atoms with Crippen LogP contribution in [0, 0.1) is 0 Å². The molecule has 1 N–H and O–H groups in total. The molecular formula is C19H26N4OS. The maximum atomic E-state index is 11.3. The maximum absolute atomic E-state index is 11.3. The lowest BCUT2D eigenvalue weighted by atomic mass is 10.1. The first-order chi connectivity index (χ1) is 12.3. The molecule has 6 heteroatoms. The molecule has 0 radical (unpaired) electrons. The van der Waals surface area contributed by atoms with Crippen molar-refractivity contribution in [2.24, 2.45) is 4.99 Å². The molecule has 1 aromatic rings. The zero-order valence-corrected chi connectivity index (χ0v) is 15.4. The van der Waals surface area contributed by atoms with Crippen LogP contribution in [0.1, 0.15) is 36.9 Å². The smallest absolute Gasteiger partial charge is 0.164 e. The third-order valence-corrected chi connectivity index (χ3v) is 5.35. The number of carbonyl (C=O) groups excluding carboxylic acids is 1. The van der Waals surface area contributed by atoms with Crippen molar-refractivity contribution in [2.75, 3.05) is 25.4 Å². The summed E-state index contributed by atoms with van der Waals surface area (Å²) in [5.41, 5.74) is 2.51. The van der Waals surface area contributed by atoms with E-state index in [9.17, 15) is 4.79 Å². The van der Waals surface area contributed by atoms with Gasteiger partial charge in [0.15, 0.2) is 5.78 Å². The number of thioether (sulfide) groups is 1. The van der Waals surface area contributed by atoms with Gasteiger partial charge in [-0.3, -0.25) is 14.7 Å². The number of nitrogens with zero attached hydrogens (tertiary/aromatic N) is 3. The topological polar surface area (TPSA) is 57.6 Å². The first-order valence-electron chi connectivity index (χ1n) is 9.04. The Morgan fingerprint density at radius 3 is 2.96 bits per heavy atom. The average molecular weight is 359 g/mol. The molecule has 25 heavy (non-hydrogen) atoms. The second kappa shape index (κ2) is 9.73. The third kappa shape index (κ3) is 6.29. The summed E-state index contributed by atoms with van der Waals surface area (Å²) in [4.78, 5) is 22.5. The molecule has 1 saturated heterocycles. The van der Waals surface area contributed by atoms with Gasteiger partial charge in [-0.1, -0.05) is 6.42 Å². The number of carbonyl (C=O) groups is 1. The normalized spacial score (nSPS) is 18.2.